The molecule has 4 aromatic carbocycles. The molecule has 2 aliphatic carbocycles. The van der Waals surface area contributed by atoms with Crippen LogP contribution < -0.4 is 0 Å². The van der Waals surface area contributed by atoms with Crippen LogP contribution in [0.15, 0.2) is 122 Å². The first-order chi connectivity index (χ1) is 26.1. The summed E-state index contributed by atoms with van der Waals surface area (Å²) in [5, 5.41) is 0. The Hall–Kier alpha value is -5.60. The third-order valence-electron chi connectivity index (χ3n) is 11.3. The van der Waals surface area contributed by atoms with Crippen LogP contribution in [0.5, 0.6) is 0 Å². The molecule has 0 bridgehead atoms. The van der Waals surface area contributed by atoms with Gasteiger partial charge >= 0.3 is 0 Å². The lowest BCUT2D eigenvalue weighted by molar-refractivity contribution is 0.945. The van der Waals surface area contributed by atoms with Gasteiger partial charge in [0.15, 0.2) is 0 Å². The molecule has 0 atom stereocenters. The largest absolute Gasteiger partial charge is 0.310 e. The summed E-state index contributed by atoms with van der Waals surface area (Å²) in [6.07, 6.45) is 24.1. The van der Waals surface area contributed by atoms with Crippen LogP contribution in [0.3, 0.4) is 0 Å². The van der Waals surface area contributed by atoms with Gasteiger partial charge in [0.25, 0.3) is 0 Å². The number of fused-ring (bicyclic) bond motifs is 2. The summed E-state index contributed by atoms with van der Waals surface area (Å²) < 4.78 is 4.85. The molecule has 0 amide bonds. The van der Waals surface area contributed by atoms with Gasteiger partial charge < -0.3 is 9.13 Å². The lowest BCUT2D eigenvalue weighted by atomic mass is 9.97. The van der Waals surface area contributed by atoms with Gasteiger partial charge in [-0.25, -0.2) is 0 Å². The van der Waals surface area contributed by atoms with Crippen LogP contribution in [0.25, 0.3) is 46.8 Å². The maximum atomic E-state index is 4.17. The summed E-state index contributed by atoms with van der Waals surface area (Å²) in [4.78, 5) is 0. The minimum absolute atomic E-state index is 0.913. The van der Waals surface area contributed by atoms with E-state index in [4.69, 9.17) is 0 Å². The highest BCUT2D eigenvalue weighted by Crippen LogP contribution is 2.35. The second kappa shape index (κ2) is 15.2. The molecule has 2 heterocycles. The maximum Gasteiger partial charge on any atom is 0.0494 e. The second-order valence-corrected chi connectivity index (χ2v) is 14.5. The van der Waals surface area contributed by atoms with Gasteiger partial charge in [-0.1, -0.05) is 111 Å². The van der Waals surface area contributed by atoms with E-state index in [1.807, 2.05) is 6.08 Å². The number of hydrogen-bond acceptors (Lipinski definition) is 0. The number of aromatic nitrogens is 2. The minimum Gasteiger partial charge on any atom is -0.310 e. The molecule has 0 unspecified atom stereocenters. The Morgan fingerprint density at radius 3 is 1.34 bits per heavy atom. The van der Waals surface area contributed by atoms with Crippen LogP contribution >= 0.6 is 0 Å². The number of rotatable bonds is 11. The molecule has 0 aliphatic heterocycles. The van der Waals surface area contributed by atoms with E-state index in [1.54, 1.807) is 0 Å². The van der Waals surface area contributed by atoms with E-state index >= 15 is 0 Å². The van der Waals surface area contributed by atoms with Crippen LogP contribution in [-0.4, -0.2) is 9.13 Å². The van der Waals surface area contributed by atoms with Crippen molar-refractivity contribution < 1.29 is 0 Å². The van der Waals surface area contributed by atoms with E-state index in [1.165, 1.54) is 89.8 Å². The van der Waals surface area contributed by atoms with Crippen molar-refractivity contribution in [3.8, 4) is 22.5 Å². The second-order valence-electron chi connectivity index (χ2n) is 14.5. The van der Waals surface area contributed by atoms with E-state index in [0.717, 1.165) is 51.4 Å². The molecule has 2 aromatic heterocycles. The summed E-state index contributed by atoms with van der Waals surface area (Å²) >= 11 is 0. The lowest BCUT2D eigenvalue weighted by Crippen LogP contribution is -2.02. The van der Waals surface area contributed by atoms with Crippen molar-refractivity contribution in [1.29, 1.82) is 0 Å². The average Bonchev–Trinajstić information content (AvgIpc) is 3.71. The van der Waals surface area contributed by atoms with Crippen molar-refractivity contribution in [3.63, 3.8) is 0 Å². The van der Waals surface area contributed by atoms with Gasteiger partial charge in [0.2, 0.25) is 0 Å². The van der Waals surface area contributed by atoms with Crippen LogP contribution in [0.4, 0.5) is 0 Å². The van der Waals surface area contributed by atoms with Gasteiger partial charge in [-0.15, -0.1) is 0 Å². The van der Waals surface area contributed by atoms with Crippen molar-refractivity contribution in [1.82, 2.24) is 9.13 Å². The Morgan fingerprint density at radius 2 is 0.943 bits per heavy atom. The molecule has 6 aromatic rings. The summed E-state index contributed by atoms with van der Waals surface area (Å²) in [7, 11) is 0. The molecule has 264 valence electrons. The smallest absolute Gasteiger partial charge is 0.0494 e. The van der Waals surface area contributed by atoms with E-state index in [9.17, 15) is 0 Å². The standard InChI is InChI=1S/C51H50N2/c1-5-13-49-45(7-3)47-15-10-12-17-51(47)53(49)43-32-24-39(25-33-43)35-37-20-28-41(29-21-37)40-26-18-36(19-27-40)34-38-22-30-42(31-23-38)52-48(8-4)44(6-2)46-14-9-11-16-50(46)52/h5,8,11-13,16-33H,4,6-7,9-10,14-15,34-35H2,1-3H3/b13-5-. The highest BCUT2D eigenvalue weighted by atomic mass is 15.0. The summed E-state index contributed by atoms with van der Waals surface area (Å²) in [5.41, 5.74) is 21.4. The molecule has 0 fully saturated rings. The molecular formula is C51H50N2. The zero-order valence-corrected chi connectivity index (χ0v) is 31.5. The molecule has 2 nitrogen and oxygen atoms in total. The molecule has 53 heavy (non-hydrogen) atoms. The van der Waals surface area contributed by atoms with E-state index < -0.39 is 0 Å². The third-order valence-corrected chi connectivity index (χ3v) is 11.3. The van der Waals surface area contributed by atoms with Crippen molar-refractivity contribution in [3.05, 3.63) is 189 Å². The quantitative estimate of drug-likeness (QED) is 0.128. The first-order valence-corrected chi connectivity index (χ1v) is 19.6. The maximum absolute atomic E-state index is 4.17. The monoisotopic (exact) mass is 690 g/mol. The van der Waals surface area contributed by atoms with E-state index in [0.29, 0.717) is 0 Å². The fraction of sp³-hybridized carbons (Fsp3) is 0.216. The van der Waals surface area contributed by atoms with Crippen LogP contribution in [0.2, 0.25) is 0 Å². The number of hydrogen-bond donors (Lipinski definition) is 0. The fourth-order valence-electron chi connectivity index (χ4n) is 8.69. The van der Waals surface area contributed by atoms with Crippen molar-refractivity contribution >= 4 is 24.3 Å². The highest BCUT2D eigenvalue weighted by molar-refractivity contribution is 5.70. The predicted molar refractivity (Wildman–Crippen MR) is 227 cm³/mol. The van der Waals surface area contributed by atoms with E-state index in [2.05, 4.69) is 170 Å². The van der Waals surface area contributed by atoms with Gasteiger partial charge in [-0.3, -0.25) is 0 Å². The molecule has 2 heteroatoms. The summed E-state index contributed by atoms with van der Waals surface area (Å²) in [5.74, 6) is 0. The number of allylic oxidation sites excluding steroid dienone is 3. The zero-order chi connectivity index (χ0) is 36.3. The molecule has 8 rings (SSSR count). The molecule has 0 saturated heterocycles. The van der Waals surface area contributed by atoms with Gasteiger partial charge in [-0.2, -0.15) is 0 Å². The van der Waals surface area contributed by atoms with Crippen LogP contribution in [0, 0.1) is 0 Å². The van der Waals surface area contributed by atoms with Crippen molar-refractivity contribution in [2.75, 3.05) is 0 Å². The molecule has 0 saturated carbocycles. The number of benzene rings is 4. The van der Waals surface area contributed by atoms with Crippen LogP contribution in [0.1, 0.15) is 101 Å². The molecule has 0 radical (unpaired) electrons. The minimum atomic E-state index is 0.913. The van der Waals surface area contributed by atoms with Gasteiger partial charge in [-0.05, 0) is 162 Å². The molecule has 0 spiro atoms. The third kappa shape index (κ3) is 6.64. The molecule has 2 aliphatic rings. The fourth-order valence-corrected chi connectivity index (χ4v) is 8.69. The predicted octanol–water partition coefficient (Wildman–Crippen LogP) is 12.8. The van der Waals surface area contributed by atoms with E-state index in [-0.39, 0.29) is 0 Å². The van der Waals surface area contributed by atoms with Gasteiger partial charge in [0.05, 0.1) is 0 Å². The van der Waals surface area contributed by atoms with Gasteiger partial charge in [0.1, 0.15) is 0 Å². The Kier molecular flexibility index (Phi) is 9.87. The first kappa shape index (κ1) is 34.5. The highest BCUT2D eigenvalue weighted by Gasteiger charge is 2.22. The van der Waals surface area contributed by atoms with Crippen LogP contribution in [-0.2, 0) is 38.5 Å². The molecule has 0 N–H and O–H groups in total. The Morgan fingerprint density at radius 1 is 0.547 bits per heavy atom. The Labute approximate surface area is 316 Å². The Balaban J connectivity index is 0.931. The van der Waals surface area contributed by atoms with Crippen molar-refractivity contribution in [2.45, 2.75) is 72.1 Å². The zero-order valence-electron chi connectivity index (χ0n) is 31.5. The first-order valence-electron chi connectivity index (χ1n) is 19.6. The SMILES string of the molecule is C=Cc1c(CC)c2c(n1-c1ccc(Cc3ccc(-c4ccc(Cc5ccc(-n6c7c(c(CC)c6/C=C\C)CCC=C7)cc5)cc4)cc3)cc1)C=CCC2. The number of nitrogens with zero attached hydrogens (tertiary/aromatic N) is 2. The normalized spacial score (nSPS) is 13.4. The topological polar surface area (TPSA) is 9.86 Å². The lowest BCUT2D eigenvalue weighted by Gasteiger charge is -2.14. The average molecular weight is 691 g/mol. The van der Waals surface area contributed by atoms with Gasteiger partial charge in [0, 0.05) is 34.2 Å². The summed E-state index contributed by atoms with van der Waals surface area (Å²) in [6, 6.07) is 36.4. The Bertz CT molecular complexity index is 2330. The summed E-state index contributed by atoms with van der Waals surface area (Å²) in [6.45, 7) is 10.8. The molecular weight excluding hydrogens is 641 g/mol. The van der Waals surface area contributed by atoms with Crippen molar-refractivity contribution in [2.24, 2.45) is 0 Å².